The minimum Gasteiger partial charge on any atom is -0.493 e. The minimum atomic E-state index is -5.08. The number of aromatic nitrogens is 2. The number of rotatable bonds is 9. The second-order valence-electron chi connectivity index (χ2n) is 13.9. The van der Waals surface area contributed by atoms with Gasteiger partial charge in [-0.1, -0.05) is 12.1 Å². The van der Waals surface area contributed by atoms with Crippen LogP contribution in [0.25, 0.3) is 21.8 Å². The van der Waals surface area contributed by atoms with Crippen LogP contribution in [-0.2, 0) is 34.7 Å². The molecule has 0 aliphatic carbocycles. The van der Waals surface area contributed by atoms with Crippen LogP contribution in [0, 0.1) is 0 Å². The SMILES string of the molecule is CC(C)(C)OC(=O)Nc1c[nH]c2ccc(CCOc3ccc(C(F)(F)F)cc3)cc12.Nc1c[nH]c2ccc(CCOc3ccc(C(F)(F)F)cc3)cc12.O=C(O)C(F)(F)F. The lowest BCUT2D eigenvalue weighted by Crippen LogP contribution is -2.27. The predicted molar refractivity (Wildman–Crippen MR) is 206 cm³/mol. The molecule has 0 aliphatic rings. The van der Waals surface area contributed by atoms with E-state index in [0.29, 0.717) is 48.9 Å². The first-order chi connectivity index (χ1) is 27.9. The van der Waals surface area contributed by atoms with E-state index in [9.17, 15) is 44.3 Å². The number of fused-ring (bicyclic) bond motifs is 2. The number of carbonyl (C=O) groups excluding carboxylic acids is 1. The van der Waals surface area contributed by atoms with Crippen LogP contribution in [0.4, 0.5) is 55.7 Å². The summed E-state index contributed by atoms with van der Waals surface area (Å²) >= 11 is 0. The van der Waals surface area contributed by atoms with Crippen molar-refractivity contribution in [2.24, 2.45) is 0 Å². The first-order valence-corrected chi connectivity index (χ1v) is 17.7. The van der Waals surface area contributed by atoms with E-state index in [0.717, 1.165) is 57.2 Å². The number of nitrogens with one attached hydrogen (secondary N) is 3. The first-order valence-electron chi connectivity index (χ1n) is 17.7. The predicted octanol–water partition coefficient (Wildman–Crippen LogP) is 11.2. The molecule has 10 nitrogen and oxygen atoms in total. The first kappa shape index (κ1) is 46.2. The maximum absolute atomic E-state index is 12.6. The van der Waals surface area contributed by atoms with Gasteiger partial charge >= 0.3 is 30.6 Å². The van der Waals surface area contributed by atoms with Gasteiger partial charge in [-0.2, -0.15) is 39.5 Å². The number of halogens is 9. The molecule has 0 saturated carbocycles. The van der Waals surface area contributed by atoms with E-state index in [4.69, 9.17) is 29.8 Å². The van der Waals surface area contributed by atoms with Crippen molar-refractivity contribution >= 4 is 45.2 Å². The standard InChI is InChI=1S/C22H23F3N2O3.C17H15F3N2O.C2HF3O2/c1-21(2,3)30-20(28)27-19-13-26-18-9-4-14(12-17(18)19)10-11-29-16-7-5-15(6-8-16)22(23,24)25;18-17(19,20)12-2-4-13(5-3-12)23-8-7-11-1-6-16-14(9-11)15(21)10-22-16;3-2(4,5)1(6)7/h4-9,12-13,26H,10-11H2,1-3H3,(H,27,28);1-6,9-10,22H,7-8,21H2;(H,6,7). The molecule has 0 bridgehead atoms. The summed E-state index contributed by atoms with van der Waals surface area (Å²) < 4.78 is 123. The van der Waals surface area contributed by atoms with Crippen LogP contribution in [0.1, 0.15) is 43.0 Å². The number of alkyl halides is 9. The molecule has 6 aromatic rings. The number of carbonyl (C=O) groups is 2. The lowest BCUT2D eigenvalue weighted by atomic mass is 10.1. The number of ether oxygens (including phenoxy) is 3. The van der Waals surface area contributed by atoms with Gasteiger partial charge < -0.3 is 35.0 Å². The molecule has 2 aromatic heterocycles. The number of carboxylic acid groups (broad SMARTS) is 1. The molecule has 0 spiro atoms. The van der Waals surface area contributed by atoms with Crippen molar-refractivity contribution in [3.8, 4) is 11.5 Å². The van der Waals surface area contributed by atoms with Crippen LogP contribution >= 0.6 is 0 Å². The molecule has 0 aliphatic heterocycles. The third-order valence-corrected chi connectivity index (χ3v) is 8.08. The van der Waals surface area contributed by atoms with Crippen LogP contribution in [0.2, 0.25) is 0 Å². The second kappa shape index (κ2) is 19.0. The maximum atomic E-state index is 12.6. The smallest absolute Gasteiger partial charge is 0.490 e. The van der Waals surface area contributed by atoms with E-state index in [1.807, 2.05) is 36.4 Å². The van der Waals surface area contributed by atoms with Crippen molar-refractivity contribution in [1.82, 2.24) is 9.97 Å². The number of aromatic amines is 2. The van der Waals surface area contributed by atoms with E-state index in [2.05, 4.69) is 15.3 Å². The molecule has 1 amide bonds. The third-order valence-electron chi connectivity index (χ3n) is 8.08. The highest BCUT2D eigenvalue weighted by molar-refractivity contribution is 5.99. The highest BCUT2D eigenvalue weighted by atomic mass is 19.4. The number of hydrogen-bond donors (Lipinski definition) is 5. The molecule has 19 heteroatoms. The molecule has 0 atom stereocenters. The van der Waals surface area contributed by atoms with Gasteiger partial charge in [-0.05, 0) is 105 Å². The molecule has 2 heterocycles. The van der Waals surface area contributed by atoms with Gasteiger partial charge in [-0.3, -0.25) is 5.32 Å². The topological polar surface area (TPSA) is 152 Å². The van der Waals surface area contributed by atoms with Crippen LogP contribution in [0.15, 0.2) is 97.3 Å². The number of carboxylic acids is 1. The Kier molecular flexibility index (Phi) is 14.6. The fourth-order valence-electron chi connectivity index (χ4n) is 5.24. The lowest BCUT2D eigenvalue weighted by molar-refractivity contribution is -0.192. The molecule has 0 saturated heterocycles. The Hall–Kier alpha value is -6.53. The molecule has 60 heavy (non-hydrogen) atoms. The Balaban J connectivity index is 0.000000234. The Morgan fingerprint density at radius 1 is 0.650 bits per heavy atom. The highest BCUT2D eigenvalue weighted by Gasteiger charge is 2.38. The molecule has 4 aromatic carbocycles. The van der Waals surface area contributed by atoms with E-state index in [1.165, 1.54) is 24.3 Å². The summed E-state index contributed by atoms with van der Waals surface area (Å²) in [6.07, 6.45) is -9.70. The monoisotopic (exact) mass is 854 g/mol. The zero-order valence-corrected chi connectivity index (χ0v) is 32.0. The van der Waals surface area contributed by atoms with Crippen LogP contribution in [0.3, 0.4) is 0 Å². The van der Waals surface area contributed by atoms with Gasteiger partial charge in [0.15, 0.2) is 0 Å². The number of benzene rings is 4. The minimum absolute atomic E-state index is 0.302. The van der Waals surface area contributed by atoms with Crippen molar-refractivity contribution in [1.29, 1.82) is 0 Å². The summed E-state index contributed by atoms with van der Waals surface area (Å²) in [6.45, 7) is 6.04. The molecule has 0 fully saturated rings. The summed E-state index contributed by atoms with van der Waals surface area (Å²) in [4.78, 5) is 27.1. The van der Waals surface area contributed by atoms with Gasteiger partial charge in [0.05, 0.1) is 35.7 Å². The summed E-state index contributed by atoms with van der Waals surface area (Å²) in [6, 6.07) is 20.9. The molecule has 0 radical (unpaired) electrons. The van der Waals surface area contributed by atoms with E-state index in [-0.39, 0.29) is 0 Å². The quantitative estimate of drug-likeness (QED) is 0.0908. The van der Waals surface area contributed by atoms with Gasteiger partial charge in [-0.25, -0.2) is 9.59 Å². The molecule has 6 rings (SSSR count). The Bertz CT molecular complexity index is 2340. The average molecular weight is 855 g/mol. The molecular weight excluding hydrogens is 815 g/mol. The van der Waals surface area contributed by atoms with Crippen molar-refractivity contribution < 1.29 is 68.4 Å². The van der Waals surface area contributed by atoms with Gasteiger partial charge in [0.2, 0.25) is 0 Å². The van der Waals surface area contributed by atoms with Crippen molar-refractivity contribution in [3.63, 3.8) is 0 Å². The van der Waals surface area contributed by atoms with Gasteiger partial charge in [0, 0.05) is 47.0 Å². The van der Waals surface area contributed by atoms with Gasteiger partial charge in [-0.15, -0.1) is 0 Å². The Morgan fingerprint density at radius 3 is 1.48 bits per heavy atom. The van der Waals surface area contributed by atoms with Crippen molar-refractivity contribution in [2.75, 3.05) is 24.3 Å². The van der Waals surface area contributed by atoms with E-state index < -0.39 is 47.3 Å². The van der Waals surface area contributed by atoms with Gasteiger partial charge in [0.1, 0.15) is 17.1 Å². The fraction of sp³-hybridized carbons (Fsp3) is 0.268. The number of H-pyrrole nitrogens is 2. The maximum Gasteiger partial charge on any atom is 0.490 e. The zero-order chi connectivity index (χ0) is 44.5. The second-order valence-corrected chi connectivity index (χ2v) is 13.9. The number of amides is 1. The van der Waals surface area contributed by atoms with Crippen LogP contribution < -0.4 is 20.5 Å². The van der Waals surface area contributed by atoms with Crippen molar-refractivity contribution in [2.45, 2.75) is 57.7 Å². The fourth-order valence-corrected chi connectivity index (χ4v) is 5.24. The largest absolute Gasteiger partial charge is 0.493 e. The summed E-state index contributed by atoms with van der Waals surface area (Å²) in [5.41, 5.74) is 8.99. The van der Waals surface area contributed by atoms with Gasteiger partial charge in [0.25, 0.3) is 0 Å². The van der Waals surface area contributed by atoms with Crippen LogP contribution in [-0.4, -0.2) is 52.1 Å². The lowest BCUT2D eigenvalue weighted by Gasteiger charge is -2.19. The summed E-state index contributed by atoms with van der Waals surface area (Å²) in [7, 11) is 0. The van der Waals surface area contributed by atoms with E-state index >= 15 is 0 Å². The normalized spacial score (nSPS) is 11.9. The highest BCUT2D eigenvalue weighted by Crippen LogP contribution is 2.32. The number of nitrogen functional groups attached to an aromatic ring is 1. The molecular formula is C41H39F9N4O6. The Morgan fingerprint density at radius 2 is 1.07 bits per heavy atom. The van der Waals surface area contributed by atoms with E-state index in [1.54, 1.807) is 33.2 Å². The number of hydrogen-bond acceptors (Lipinski definition) is 6. The summed E-state index contributed by atoms with van der Waals surface area (Å²) in [5.74, 6) is -1.97. The molecule has 322 valence electrons. The molecule has 0 unspecified atom stereocenters. The molecule has 6 N–H and O–H groups in total. The number of nitrogens with two attached hydrogens (primary N) is 1. The average Bonchev–Trinajstić information content (AvgIpc) is 3.72. The summed E-state index contributed by atoms with van der Waals surface area (Å²) in [5, 5.41) is 11.6. The number of aliphatic carboxylic acids is 1. The number of anilines is 2. The van der Waals surface area contributed by atoms with Crippen molar-refractivity contribution in [3.05, 3.63) is 120 Å². The Labute approximate surface area is 336 Å². The van der Waals surface area contributed by atoms with Crippen LogP contribution in [0.5, 0.6) is 11.5 Å². The zero-order valence-electron chi connectivity index (χ0n) is 32.0. The third kappa shape index (κ3) is 14.1.